The number of benzene rings is 1. The molecular formula is C18H19ClFN3O2. The molecule has 0 aliphatic rings. The van der Waals surface area contributed by atoms with Crippen LogP contribution >= 0.6 is 11.6 Å². The molecule has 132 valence electrons. The molecule has 0 saturated heterocycles. The average molecular weight is 364 g/mol. The van der Waals surface area contributed by atoms with E-state index in [1.165, 1.54) is 30.5 Å². The van der Waals surface area contributed by atoms with Crippen LogP contribution in [-0.2, 0) is 16.1 Å². The Bertz CT molecular complexity index is 766. The van der Waals surface area contributed by atoms with Crippen molar-refractivity contribution in [1.29, 1.82) is 0 Å². The van der Waals surface area contributed by atoms with E-state index in [9.17, 15) is 14.0 Å². The van der Waals surface area contributed by atoms with Gasteiger partial charge < -0.3 is 10.1 Å². The van der Waals surface area contributed by atoms with Gasteiger partial charge in [-0.3, -0.25) is 9.48 Å². The normalized spacial score (nSPS) is 11.0. The minimum atomic E-state index is -0.491. The second-order valence-corrected chi connectivity index (χ2v) is 6.02. The zero-order chi connectivity index (χ0) is 18.2. The molecule has 25 heavy (non-hydrogen) atoms. The molecule has 0 spiro atoms. The van der Waals surface area contributed by atoms with E-state index in [0.29, 0.717) is 18.7 Å². The van der Waals surface area contributed by atoms with Crippen LogP contribution in [0.2, 0.25) is 5.02 Å². The molecule has 1 N–H and O–H groups in total. The van der Waals surface area contributed by atoms with E-state index in [2.05, 4.69) is 10.4 Å². The van der Waals surface area contributed by atoms with E-state index in [-0.39, 0.29) is 16.4 Å². The molecule has 0 aliphatic carbocycles. The lowest BCUT2D eigenvalue weighted by Crippen LogP contribution is -2.07. The number of aryl methyl sites for hydroxylation is 1. The quantitative estimate of drug-likeness (QED) is 0.567. The number of unbranched alkanes of at least 4 members (excludes halogenated alkanes) is 1. The maximum Gasteiger partial charge on any atom is 0.248 e. The van der Waals surface area contributed by atoms with Crippen molar-refractivity contribution in [2.45, 2.75) is 32.7 Å². The number of hydrogen-bond acceptors (Lipinski definition) is 3. The monoisotopic (exact) mass is 363 g/mol. The number of carbonyl (C=O) groups is 2. The van der Waals surface area contributed by atoms with Crippen LogP contribution in [0.25, 0.3) is 6.08 Å². The minimum Gasteiger partial charge on any atom is -0.320 e. The van der Waals surface area contributed by atoms with Crippen molar-refractivity contribution in [3.63, 3.8) is 0 Å². The van der Waals surface area contributed by atoms with Crippen molar-refractivity contribution in [2.75, 3.05) is 5.32 Å². The van der Waals surface area contributed by atoms with E-state index >= 15 is 0 Å². The molecule has 2 rings (SSSR count). The summed E-state index contributed by atoms with van der Waals surface area (Å²) in [6, 6.07) is 4.33. The largest absolute Gasteiger partial charge is 0.320 e. The third kappa shape index (κ3) is 6.15. The smallest absolute Gasteiger partial charge is 0.248 e. The third-order valence-corrected chi connectivity index (χ3v) is 3.80. The molecule has 0 atom stereocenters. The number of ketones is 1. The summed E-state index contributed by atoms with van der Waals surface area (Å²) in [5.41, 5.74) is 0.710. The fourth-order valence-corrected chi connectivity index (χ4v) is 2.44. The van der Waals surface area contributed by atoms with Gasteiger partial charge in [-0.05, 0) is 38.0 Å². The number of carbonyl (C=O) groups excluding carboxylic acids is 2. The van der Waals surface area contributed by atoms with Gasteiger partial charge in [-0.25, -0.2) is 4.39 Å². The van der Waals surface area contributed by atoms with E-state index in [1.807, 2.05) is 0 Å². The zero-order valence-electron chi connectivity index (χ0n) is 13.8. The van der Waals surface area contributed by atoms with E-state index in [4.69, 9.17) is 11.6 Å². The first kappa shape index (κ1) is 18.9. The molecule has 7 heteroatoms. The maximum absolute atomic E-state index is 13.6. The highest BCUT2D eigenvalue weighted by molar-refractivity contribution is 6.32. The molecule has 1 aromatic heterocycles. The van der Waals surface area contributed by atoms with Gasteiger partial charge in [0.2, 0.25) is 5.91 Å². The third-order valence-electron chi connectivity index (χ3n) is 3.47. The topological polar surface area (TPSA) is 64.0 Å². The number of Topliss-reactive ketones (excluding diaryl/α,β-unsaturated/α-hetero) is 1. The number of amides is 1. The first-order valence-electron chi connectivity index (χ1n) is 7.90. The lowest BCUT2D eigenvalue weighted by atomic mass is 10.2. The molecule has 2 aromatic rings. The molecule has 1 heterocycles. The van der Waals surface area contributed by atoms with Crippen molar-refractivity contribution in [3.8, 4) is 0 Å². The predicted molar refractivity (Wildman–Crippen MR) is 95.8 cm³/mol. The van der Waals surface area contributed by atoms with Crippen LogP contribution in [0, 0.1) is 5.82 Å². The highest BCUT2D eigenvalue weighted by atomic mass is 35.5. The highest BCUT2D eigenvalue weighted by Gasteiger charge is 2.05. The van der Waals surface area contributed by atoms with Crippen molar-refractivity contribution in [1.82, 2.24) is 9.78 Å². The molecule has 0 unspecified atom stereocenters. The summed E-state index contributed by atoms with van der Waals surface area (Å²) in [5, 5.41) is 7.03. The zero-order valence-corrected chi connectivity index (χ0v) is 14.6. The molecule has 5 nitrogen and oxygen atoms in total. The Kier molecular flexibility index (Phi) is 6.89. The number of nitrogens with zero attached hydrogens (tertiary/aromatic N) is 2. The fourth-order valence-electron chi connectivity index (χ4n) is 2.21. The molecule has 0 bridgehead atoms. The van der Waals surface area contributed by atoms with Gasteiger partial charge in [-0.15, -0.1) is 0 Å². The molecule has 0 aliphatic heterocycles. The van der Waals surface area contributed by atoms with E-state index in [0.717, 1.165) is 12.8 Å². The van der Waals surface area contributed by atoms with Crippen LogP contribution in [0.15, 0.2) is 36.7 Å². The Hall–Kier alpha value is -2.47. The summed E-state index contributed by atoms with van der Waals surface area (Å²) in [6.07, 6.45) is 7.99. The van der Waals surface area contributed by atoms with Gasteiger partial charge in [0.1, 0.15) is 11.6 Å². The van der Waals surface area contributed by atoms with Crippen LogP contribution in [0.1, 0.15) is 31.7 Å². The average Bonchev–Trinajstić information content (AvgIpc) is 2.98. The van der Waals surface area contributed by atoms with E-state index < -0.39 is 11.7 Å². The Labute approximate surface area is 150 Å². The molecule has 0 radical (unpaired) electrons. The number of anilines is 1. The van der Waals surface area contributed by atoms with Crippen LogP contribution in [0.4, 0.5) is 10.1 Å². The molecule has 1 amide bonds. The van der Waals surface area contributed by atoms with Crippen molar-refractivity contribution in [3.05, 3.63) is 53.1 Å². The van der Waals surface area contributed by atoms with Crippen molar-refractivity contribution < 1.29 is 14.0 Å². The van der Waals surface area contributed by atoms with Gasteiger partial charge in [-0.1, -0.05) is 17.7 Å². The molecule has 0 fully saturated rings. The van der Waals surface area contributed by atoms with Gasteiger partial charge in [0.15, 0.2) is 0 Å². The van der Waals surface area contributed by atoms with Gasteiger partial charge in [0, 0.05) is 30.8 Å². The maximum atomic E-state index is 13.6. The highest BCUT2D eigenvalue weighted by Crippen LogP contribution is 2.20. The molecule has 0 saturated carbocycles. The summed E-state index contributed by atoms with van der Waals surface area (Å²) in [6.45, 7) is 2.24. The first-order chi connectivity index (χ1) is 12.0. The molecule has 1 aromatic carbocycles. The SMILES string of the molecule is CC(=O)CCCCn1cc(NC(=O)C=Cc2c(F)cccc2Cl)cn1. The van der Waals surface area contributed by atoms with Gasteiger partial charge in [-0.2, -0.15) is 5.10 Å². The molecular weight excluding hydrogens is 345 g/mol. The predicted octanol–water partition coefficient (Wildman–Crippen LogP) is 4.09. The van der Waals surface area contributed by atoms with Crippen molar-refractivity contribution >= 4 is 35.1 Å². The first-order valence-corrected chi connectivity index (χ1v) is 8.28. The summed E-state index contributed by atoms with van der Waals surface area (Å²) >= 11 is 5.90. The van der Waals surface area contributed by atoms with E-state index in [1.54, 1.807) is 23.9 Å². The summed E-state index contributed by atoms with van der Waals surface area (Å²) in [5.74, 6) is -0.722. The number of halogens is 2. The Morgan fingerprint density at radius 2 is 2.16 bits per heavy atom. The van der Waals surface area contributed by atoms with Gasteiger partial charge in [0.05, 0.1) is 16.9 Å². The second-order valence-electron chi connectivity index (χ2n) is 5.61. The standard InChI is InChI=1S/C18H19ClFN3O2/c1-13(24)5-2-3-10-23-12-14(11-21-23)22-18(25)9-8-15-16(19)6-4-7-17(15)20/h4,6-9,11-12H,2-3,5,10H2,1H3,(H,22,25). The van der Waals surface area contributed by atoms with Crippen LogP contribution in [-0.4, -0.2) is 21.5 Å². The van der Waals surface area contributed by atoms with Gasteiger partial charge in [0.25, 0.3) is 0 Å². The number of rotatable bonds is 8. The number of hydrogen-bond donors (Lipinski definition) is 1. The minimum absolute atomic E-state index is 0.167. The lowest BCUT2D eigenvalue weighted by Gasteiger charge is -2.01. The summed E-state index contributed by atoms with van der Waals surface area (Å²) in [4.78, 5) is 22.8. The van der Waals surface area contributed by atoms with Crippen LogP contribution in [0.5, 0.6) is 0 Å². The van der Waals surface area contributed by atoms with Crippen LogP contribution in [0.3, 0.4) is 0 Å². The Morgan fingerprint density at radius 1 is 1.36 bits per heavy atom. The lowest BCUT2D eigenvalue weighted by molar-refractivity contribution is -0.117. The van der Waals surface area contributed by atoms with Gasteiger partial charge >= 0.3 is 0 Å². The Morgan fingerprint density at radius 3 is 2.88 bits per heavy atom. The summed E-state index contributed by atoms with van der Waals surface area (Å²) in [7, 11) is 0. The second kappa shape index (κ2) is 9.13. The van der Waals surface area contributed by atoms with Crippen LogP contribution < -0.4 is 5.32 Å². The summed E-state index contributed by atoms with van der Waals surface area (Å²) < 4.78 is 15.3. The number of aromatic nitrogens is 2. The number of nitrogens with one attached hydrogen (secondary N) is 1. The van der Waals surface area contributed by atoms with Crippen molar-refractivity contribution in [2.24, 2.45) is 0 Å². The Balaban J connectivity index is 1.87. The fraction of sp³-hybridized carbons (Fsp3) is 0.278.